The fourth-order valence-electron chi connectivity index (χ4n) is 3.77. The topological polar surface area (TPSA) is 20.2 Å². The van der Waals surface area contributed by atoms with E-state index < -0.39 is 4.25 Å². The standard InChI is InChI=1S/C19H34IOP/c1-7-22(20,8-2,9-3)16(4)18(21)19(5,6)15-17-13-11-10-12-14-17/h10-14,16,18,21H,7-9,15H2,1-6H3/t16-,18+/m1/s1. The summed E-state index contributed by atoms with van der Waals surface area (Å²) in [7, 11) is 0. The van der Waals surface area contributed by atoms with Crippen LogP contribution in [0.25, 0.3) is 0 Å². The van der Waals surface area contributed by atoms with Crippen molar-refractivity contribution >= 4 is 26.3 Å². The van der Waals surface area contributed by atoms with Crippen LogP contribution in [0, 0.1) is 5.41 Å². The third-order valence-corrected chi connectivity index (χ3v) is 21.6. The van der Waals surface area contributed by atoms with Crippen molar-refractivity contribution in [3.05, 3.63) is 35.9 Å². The molecular weight excluding hydrogens is 402 g/mol. The van der Waals surface area contributed by atoms with Gasteiger partial charge in [0.05, 0.1) is 0 Å². The van der Waals surface area contributed by atoms with Crippen LogP contribution in [-0.2, 0) is 6.42 Å². The molecule has 0 aliphatic carbocycles. The zero-order valence-electron chi connectivity index (χ0n) is 15.1. The van der Waals surface area contributed by atoms with Gasteiger partial charge in [-0.3, -0.25) is 0 Å². The number of benzene rings is 1. The molecule has 0 bridgehead atoms. The Labute approximate surface area is 150 Å². The normalized spacial score (nSPS) is 17.5. The van der Waals surface area contributed by atoms with Crippen molar-refractivity contribution in [2.24, 2.45) is 5.41 Å². The average molecular weight is 436 g/mol. The van der Waals surface area contributed by atoms with Gasteiger partial charge < -0.3 is 0 Å². The predicted molar refractivity (Wildman–Crippen MR) is 112 cm³/mol. The second-order valence-electron chi connectivity index (χ2n) is 7.46. The Morgan fingerprint density at radius 2 is 1.50 bits per heavy atom. The summed E-state index contributed by atoms with van der Waals surface area (Å²) >= 11 is 2.78. The summed E-state index contributed by atoms with van der Waals surface area (Å²) in [6, 6.07) is 10.6. The van der Waals surface area contributed by atoms with E-state index in [1.54, 1.807) is 0 Å². The van der Waals surface area contributed by atoms with Gasteiger partial charge in [-0.05, 0) is 0 Å². The monoisotopic (exact) mass is 436 g/mol. The number of halogens is 1. The minimum atomic E-state index is -1.88. The van der Waals surface area contributed by atoms with Crippen molar-refractivity contribution < 1.29 is 5.11 Å². The molecule has 0 aliphatic rings. The minimum absolute atomic E-state index is 0.103. The Morgan fingerprint density at radius 3 is 1.91 bits per heavy atom. The number of rotatable bonds is 8. The fraction of sp³-hybridized carbons (Fsp3) is 0.684. The van der Waals surface area contributed by atoms with Crippen LogP contribution < -0.4 is 0 Å². The first-order valence-corrected chi connectivity index (χ1v) is 14.2. The second-order valence-corrected chi connectivity index (χ2v) is 21.3. The van der Waals surface area contributed by atoms with Crippen LogP contribution in [0.2, 0.25) is 0 Å². The summed E-state index contributed by atoms with van der Waals surface area (Å²) in [6.07, 6.45) is 4.33. The molecule has 3 heteroatoms. The van der Waals surface area contributed by atoms with Crippen LogP contribution >= 0.6 is 26.3 Å². The van der Waals surface area contributed by atoms with E-state index in [2.05, 4.69) is 93.9 Å². The molecule has 0 heterocycles. The van der Waals surface area contributed by atoms with Gasteiger partial charge in [-0.15, -0.1) is 0 Å². The van der Waals surface area contributed by atoms with Crippen molar-refractivity contribution in [3.8, 4) is 0 Å². The molecule has 2 atom stereocenters. The van der Waals surface area contributed by atoms with E-state index in [9.17, 15) is 5.11 Å². The van der Waals surface area contributed by atoms with Gasteiger partial charge in [0, 0.05) is 0 Å². The molecule has 128 valence electrons. The molecule has 0 amide bonds. The Morgan fingerprint density at radius 1 is 1.05 bits per heavy atom. The number of aliphatic hydroxyl groups excluding tert-OH is 1. The second kappa shape index (κ2) is 7.49. The van der Waals surface area contributed by atoms with Gasteiger partial charge in [-0.2, -0.15) is 0 Å². The van der Waals surface area contributed by atoms with Crippen LogP contribution in [-0.4, -0.2) is 35.4 Å². The molecule has 0 saturated carbocycles. The van der Waals surface area contributed by atoms with Crippen molar-refractivity contribution in [3.63, 3.8) is 0 Å². The summed E-state index contributed by atoms with van der Waals surface area (Å²) in [5, 5.41) is 11.2. The molecule has 1 aromatic carbocycles. The summed E-state index contributed by atoms with van der Waals surface area (Å²) in [5.41, 5.74) is 1.59. The van der Waals surface area contributed by atoms with E-state index >= 15 is 0 Å². The number of hydrogen-bond donors (Lipinski definition) is 1. The maximum atomic E-state index is 11.2. The molecule has 0 unspecified atom stereocenters. The molecule has 0 saturated heterocycles. The zero-order valence-corrected chi connectivity index (χ0v) is 18.2. The molecule has 1 rings (SSSR count). The summed E-state index contributed by atoms with van der Waals surface area (Å²) in [5.74, 6) is 0. The van der Waals surface area contributed by atoms with Crippen LogP contribution in [0.5, 0.6) is 0 Å². The summed E-state index contributed by atoms with van der Waals surface area (Å²) in [4.78, 5) is 0. The van der Waals surface area contributed by atoms with E-state index in [1.807, 2.05) is 0 Å². The maximum absolute atomic E-state index is 11.2. The van der Waals surface area contributed by atoms with Crippen LogP contribution in [0.3, 0.4) is 0 Å². The van der Waals surface area contributed by atoms with Gasteiger partial charge in [-0.25, -0.2) is 0 Å². The van der Waals surface area contributed by atoms with Crippen LogP contribution in [0.4, 0.5) is 0 Å². The van der Waals surface area contributed by atoms with Gasteiger partial charge in [0.2, 0.25) is 0 Å². The third kappa shape index (κ3) is 4.05. The van der Waals surface area contributed by atoms with E-state index in [0.717, 1.165) is 6.42 Å². The van der Waals surface area contributed by atoms with E-state index in [-0.39, 0.29) is 11.5 Å². The Kier molecular flexibility index (Phi) is 6.94. The van der Waals surface area contributed by atoms with E-state index in [1.165, 1.54) is 24.0 Å². The first-order valence-electron chi connectivity index (χ1n) is 8.57. The molecular formula is C19H34IOP. The zero-order chi connectivity index (χ0) is 17.0. The first kappa shape index (κ1) is 20.4. The molecule has 0 fully saturated rings. The van der Waals surface area contributed by atoms with E-state index in [4.69, 9.17) is 0 Å². The SMILES string of the molecule is CCP(I)(CC)(CC)[C@H](C)[C@H](O)C(C)(C)Cc1ccccc1. The molecule has 0 aromatic heterocycles. The van der Waals surface area contributed by atoms with Crippen LogP contribution in [0.15, 0.2) is 30.3 Å². The predicted octanol–water partition coefficient (Wildman–Crippen LogP) is 5.97. The first-order chi connectivity index (χ1) is 10.1. The molecule has 0 aliphatic heterocycles. The van der Waals surface area contributed by atoms with Crippen molar-refractivity contribution in [1.29, 1.82) is 0 Å². The number of aliphatic hydroxyl groups is 1. The Bertz CT molecular complexity index is 457. The van der Waals surface area contributed by atoms with Gasteiger partial charge in [0.1, 0.15) is 0 Å². The molecule has 0 radical (unpaired) electrons. The fourth-order valence-corrected chi connectivity index (χ4v) is 8.86. The number of hydrogen-bond acceptors (Lipinski definition) is 1. The molecule has 0 spiro atoms. The van der Waals surface area contributed by atoms with Gasteiger partial charge in [0.25, 0.3) is 0 Å². The van der Waals surface area contributed by atoms with Crippen molar-refractivity contribution in [2.45, 2.75) is 59.7 Å². The molecule has 1 N–H and O–H groups in total. The Hall–Kier alpha value is 0.340. The average Bonchev–Trinajstić information content (AvgIpc) is 2.53. The van der Waals surface area contributed by atoms with Crippen molar-refractivity contribution in [1.82, 2.24) is 0 Å². The summed E-state index contributed by atoms with van der Waals surface area (Å²) in [6.45, 7) is 13.7. The molecule has 1 nitrogen and oxygen atoms in total. The molecule has 22 heavy (non-hydrogen) atoms. The third-order valence-electron chi connectivity index (χ3n) is 6.03. The van der Waals surface area contributed by atoms with Gasteiger partial charge >= 0.3 is 151 Å². The Balaban J connectivity index is 3.04. The van der Waals surface area contributed by atoms with E-state index in [0.29, 0.717) is 5.66 Å². The van der Waals surface area contributed by atoms with Crippen molar-refractivity contribution in [2.75, 3.05) is 18.5 Å². The van der Waals surface area contributed by atoms with Gasteiger partial charge in [-0.1, -0.05) is 0 Å². The molecule has 1 aromatic rings. The van der Waals surface area contributed by atoms with Crippen LogP contribution in [0.1, 0.15) is 47.1 Å². The quantitative estimate of drug-likeness (QED) is 0.393. The summed E-state index contributed by atoms with van der Waals surface area (Å²) < 4.78 is -1.88. The van der Waals surface area contributed by atoms with Gasteiger partial charge in [0.15, 0.2) is 0 Å².